The lowest BCUT2D eigenvalue weighted by Crippen LogP contribution is -2.49. The maximum Gasteiger partial charge on any atom is 0.387 e. The molecule has 3 rings (SSSR count). The van der Waals surface area contributed by atoms with E-state index in [0.29, 0.717) is 10.8 Å². The van der Waals surface area contributed by atoms with Crippen molar-refractivity contribution in [3.8, 4) is 5.75 Å². The lowest BCUT2D eigenvalue weighted by atomic mass is 10.1. The van der Waals surface area contributed by atoms with E-state index in [1.165, 1.54) is 17.2 Å². The zero-order chi connectivity index (χ0) is 19.2. The van der Waals surface area contributed by atoms with Gasteiger partial charge >= 0.3 is 6.61 Å². The van der Waals surface area contributed by atoms with Crippen LogP contribution in [0.5, 0.6) is 5.75 Å². The van der Waals surface area contributed by atoms with E-state index in [1.807, 2.05) is 0 Å². The van der Waals surface area contributed by atoms with Crippen molar-refractivity contribution >= 4 is 23.0 Å². The van der Waals surface area contributed by atoms with Gasteiger partial charge in [0, 0.05) is 32.7 Å². The molecule has 4 nitrogen and oxygen atoms in total. The molecule has 0 amide bonds. The van der Waals surface area contributed by atoms with Crippen LogP contribution in [0.25, 0.3) is 0 Å². The Hall–Kier alpha value is -2.25. The third-order valence-corrected chi connectivity index (χ3v) is 4.89. The third kappa shape index (κ3) is 5.61. The molecule has 1 aliphatic rings. The zero-order valence-electron chi connectivity index (χ0n) is 15.2. The number of benzene rings is 2. The van der Waals surface area contributed by atoms with Crippen LogP contribution >= 0.6 is 12.2 Å². The number of aryl methyl sites for hydroxylation is 1. The highest BCUT2D eigenvalue weighted by atomic mass is 32.1. The summed E-state index contributed by atoms with van der Waals surface area (Å²) in [4.78, 5) is 4.44. The van der Waals surface area contributed by atoms with Crippen LogP contribution in [-0.4, -0.2) is 47.7 Å². The number of thiocarbonyl (C=S) groups is 1. The van der Waals surface area contributed by atoms with Crippen LogP contribution in [0.15, 0.2) is 48.5 Å². The van der Waals surface area contributed by atoms with Crippen molar-refractivity contribution < 1.29 is 13.5 Å². The molecule has 1 aliphatic heterocycles. The van der Waals surface area contributed by atoms with Gasteiger partial charge in [-0.05, 0) is 36.8 Å². The molecule has 0 spiro atoms. The Morgan fingerprint density at radius 2 is 1.74 bits per heavy atom. The van der Waals surface area contributed by atoms with Crippen LogP contribution in [0.4, 0.5) is 14.5 Å². The predicted molar refractivity (Wildman–Crippen MR) is 107 cm³/mol. The minimum Gasteiger partial charge on any atom is -0.433 e. The maximum absolute atomic E-state index is 12.5. The van der Waals surface area contributed by atoms with Crippen molar-refractivity contribution in [2.75, 3.05) is 31.5 Å². The van der Waals surface area contributed by atoms with Gasteiger partial charge in [0.05, 0.1) is 5.69 Å². The fourth-order valence-corrected chi connectivity index (χ4v) is 3.32. The van der Waals surface area contributed by atoms with Crippen molar-refractivity contribution in [2.24, 2.45) is 0 Å². The van der Waals surface area contributed by atoms with Gasteiger partial charge in [0.2, 0.25) is 0 Å². The first-order valence-electron chi connectivity index (χ1n) is 8.89. The van der Waals surface area contributed by atoms with Crippen LogP contribution in [0.3, 0.4) is 0 Å². The van der Waals surface area contributed by atoms with Crippen LogP contribution in [-0.2, 0) is 6.54 Å². The molecule has 0 saturated carbocycles. The molecule has 0 unspecified atom stereocenters. The molecule has 1 N–H and O–H groups in total. The first kappa shape index (κ1) is 19.5. The molecule has 0 bridgehead atoms. The number of para-hydroxylation sites is 2. The number of hydrogen-bond acceptors (Lipinski definition) is 3. The van der Waals surface area contributed by atoms with E-state index < -0.39 is 6.61 Å². The summed E-state index contributed by atoms with van der Waals surface area (Å²) in [5.41, 5.74) is 3.01. The molecule has 27 heavy (non-hydrogen) atoms. The standard InChI is InChI=1S/C20H23F2N3OS/c1-15-6-8-16(9-7-15)14-24-10-12-25(13-11-24)20(27)23-17-4-2-3-5-18(17)26-19(21)22/h2-9,19H,10-14H2,1H3,(H,23,27). The van der Waals surface area contributed by atoms with Crippen LogP contribution in [0, 0.1) is 6.92 Å². The molecule has 1 fully saturated rings. The Bertz CT molecular complexity index is 762. The normalized spacial score (nSPS) is 15.0. The number of rotatable bonds is 5. The Kier molecular flexibility index (Phi) is 6.58. The number of ether oxygens (including phenoxy) is 1. The minimum atomic E-state index is -2.87. The van der Waals surface area contributed by atoms with Crippen molar-refractivity contribution in [1.82, 2.24) is 9.80 Å². The van der Waals surface area contributed by atoms with E-state index >= 15 is 0 Å². The maximum atomic E-state index is 12.5. The summed E-state index contributed by atoms with van der Waals surface area (Å²) < 4.78 is 29.6. The van der Waals surface area contributed by atoms with Gasteiger partial charge in [0.15, 0.2) is 5.11 Å². The van der Waals surface area contributed by atoms with Gasteiger partial charge in [-0.15, -0.1) is 0 Å². The molecule has 0 aliphatic carbocycles. The number of alkyl halides is 2. The quantitative estimate of drug-likeness (QED) is 0.775. The molecule has 7 heteroatoms. The molecular formula is C20H23F2N3OS. The second kappa shape index (κ2) is 9.10. The summed E-state index contributed by atoms with van der Waals surface area (Å²) in [6.07, 6.45) is 0. The van der Waals surface area contributed by atoms with Gasteiger partial charge in [-0.2, -0.15) is 8.78 Å². The third-order valence-electron chi connectivity index (χ3n) is 4.53. The first-order valence-corrected chi connectivity index (χ1v) is 9.30. The Morgan fingerprint density at radius 3 is 2.41 bits per heavy atom. The second-order valence-corrected chi connectivity index (χ2v) is 6.94. The van der Waals surface area contributed by atoms with E-state index in [-0.39, 0.29) is 5.75 Å². The molecular weight excluding hydrogens is 368 g/mol. The summed E-state index contributed by atoms with van der Waals surface area (Å²) in [5.74, 6) is 0.0906. The van der Waals surface area contributed by atoms with E-state index in [1.54, 1.807) is 18.2 Å². The van der Waals surface area contributed by atoms with E-state index in [2.05, 4.69) is 51.0 Å². The van der Waals surface area contributed by atoms with Gasteiger partial charge in [0.1, 0.15) is 5.75 Å². The number of nitrogens with zero attached hydrogens (tertiary/aromatic N) is 2. The van der Waals surface area contributed by atoms with Crippen molar-refractivity contribution in [2.45, 2.75) is 20.1 Å². The number of nitrogens with one attached hydrogen (secondary N) is 1. The van der Waals surface area contributed by atoms with Gasteiger partial charge in [-0.3, -0.25) is 4.90 Å². The van der Waals surface area contributed by atoms with Crippen LogP contribution in [0.2, 0.25) is 0 Å². The number of hydrogen-bond donors (Lipinski definition) is 1. The largest absolute Gasteiger partial charge is 0.433 e. The van der Waals surface area contributed by atoms with E-state index in [4.69, 9.17) is 12.2 Å². The first-order chi connectivity index (χ1) is 13.0. The predicted octanol–water partition coefficient (Wildman–Crippen LogP) is 4.11. The number of anilines is 1. The topological polar surface area (TPSA) is 27.7 Å². The molecule has 2 aromatic carbocycles. The van der Waals surface area contributed by atoms with Gasteiger partial charge in [0.25, 0.3) is 0 Å². The van der Waals surface area contributed by atoms with Gasteiger partial charge in [-0.1, -0.05) is 42.0 Å². The number of piperazine rings is 1. The molecule has 0 radical (unpaired) electrons. The highest BCUT2D eigenvalue weighted by Crippen LogP contribution is 2.26. The minimum absolute atomic E-state index is 0.0906. The summed E-state index contributed by atoms with van der Waals surface area (Å²) in [6, 6.07) is 15.2. The van der Waals surface area contributed by atoms with Crippen molar-refractivity contribution in [3.63, 3.8) is 0 Å². The Balaban J connectivity index is 1.52. The lowest BCUT2D eigenvalue weighted by Gasteiger charge is -2.36. The molecule has 0 aromatic heterocycles. The Morgan fingerprint density at radius 1 is 1.07 bits per heavy atom. The highest BCUT2D eigenvalue weighted by molar-refractivity contribution is 7.80. The fourth-order valence-electron chi connectivity index (χ4n) is 3.02. The van der Waals surface area contributed by atoms with E-state index in [0.717, 1.165) is 32.7 Å². The molecule has 2 aromatic rings. The van der Waals surface area contributed by atoms with Crippen molar-refractivity contribution in [3.05, 3.63) is 59.7 Å². The zero-order valence-corrected chi connectivity index (χ0v) is 16.0. The molecule has 144 valence electrons. The molecule has 0 atom stereocenters. The van der Waals surface area contributed by atoms with Crippen molar-refractivity contribution in [1.29, 1.82) is 0 Å². The van der Waals surface area contributed by atoms with Gasteiger partial charge in [-0.25, -0.2) is 0 Å². The smallest absolute Gasteiger partial charge is 0.387 e. The summed E-state index contributed by atoms with van der Waals surface area (Å²) in [6.45, 7) is 3.49. The van der Waals surface area contributed by atoms with Crippen LogP contribution < -0.4 is 10.1 Å². The lowest BCUT2D eigenvalue weighted by molar-refractivity contribution is -0.0493. The fraction of sp³-hybridized carbons (Fsp3) is 0.350. The van der Waals surface area contributed by atoms with Crippen LogP contribution in [0.1, 0.15) is 11.1 Å². The average molecular weight is 391 g/mol. The molecule has 1 heterocycles. The second-order valence-electron chi connectivity index (χ2n) is 6.55. The summed E-state index contributed by atoms with van der Waals surface area (Å²) >= 11 is 5.47. The average Bonchev–Trinajstić information content (AvgIpc) is 2.65. The molecule has 1 saturated heterocycles. The highest BCUT2D eigenvalue weighted by Gasteiger charge is 2.20. The number of halogens is 2. The monoisotopic (exact) mass is 391 g/mol. The summed E-state index contributed by atoms with van der Waals surface area (Å²) in [5, 5.41) is 3.56. The SMILES string of the molecule is Cc1ccc(CN2CCN(C(=S)Nc3ccccc3OC(F)F)CC2)cc1. The van der Waals surface area contributed by atoms with Gasteiger partial charge < -0.3 is 15.0 Å². The summed E-state index contributed by atoms with van der Waals surface area (Å²) in [7, 11) is 0. The Labute approximate surface area is 163 Å². The van der Waals surface area contributed by atoms with E-state index in [9.17, 15) is 8.78 Å².